The molecule has 0 saturated heterocycles. The largest absolute Gasteiger partial charge is 0.482 e. The number of ether oxygens (including phenoxy) is 1. The molecule has 3 rings (SSSR count). The third-order valence-corrected chi connectivity index (χ3v) is 3.44. The number of rotatable bonds is 3. The smallest absolute Gasteiger partial charge is 0.223 e. The van der Waals surface area contributed by atoms with Gasteiger partial charge < -0.3 is 4.74 Å². The number of benzene rings is 1. The zero-order valence-corrected chi connectivity index (χ0v) is 10.5. The van der Waals surface area contributed by atoms with Crippen LogP contribution in [-0.4, -0.2) is 0 Å². The topological polar surface area (TPSA) is 13.1 Å². The van der Waals surface area contributed by atoms with E-state index in [-0.39, 0.29) is 0 Å². The van der Waals surface area contributed by atoms with Crippen molar-refractivity contribution >= 4 is 0 Å². The summed E-state index contributed by atoms with van der Waals surface area (Å²) in [5, 5.41) is 0. The van der Waals surface area contributed by atoms with Gasteiger partial charge in [0.15, 0.2) is 11.9 Å². The lowest BCUT2D eigenvalue weighted by atomic mass is 10.1. The number of aryl methyl sites for hydroxylation is 1. The molecule has 2 heterocycles. The van der Waals surface area contributed by atoms with E-state index in [0.29, 0.717) is 6.61 Å². The van der Waals surface area contributed by atoms with Crippen molar-refractivity contribution in [1.29, 1.82) is 0 Å². The number of pyridine rings is 1. The molecule has 2 aromatic rings. The summed E-state index contributed by atoms with van der Waals surface area (Å²) in [4.78, 5) is 0. The Labute approximate surface area is 108 Å². The fraction of sp³-hybridized carbons (Fsp3) is 0.312. The van der Waals surface area contributed by atoms with Crippen LogP contribution in [0, 0.1) is 0 Å². The first kappa shape index (κ1) is 11.3. The lowest BCUT2D eigenvalue weighted by molar-refractivity contribution is -0.709. The number of nitrogens with zero attached hydrogens (tertiary/aromatic N) is 1. The molecule has 1 aromatic heterocycles. The van der Waals surface area contributed by atoms with Gasteiger partial charge in [0.05, 0.1) is 0 Å². The van der Waals surface area contributed by atoms with E-state index in [0.717, 1.165) is 18.7 Å². The SMILES string of the molecule is c1ccc(COc2ccc[n+]3c2CCCC3)cc1. The van der Waals surface area contributed by atoms with E-state index in [1.807, 2.05) is 18.2 Å². The monoisotopic (exact) mass is 240 g/mol. The van der Waals surface area contributed by atoms with E-state index in [4.69, 9.17) is 4.74 Å². The summed E-state index contributed by atoms with van der Waals surface area (Å²) >= 11 is 0. The maximum absolute atomic E-state index is 5.97. The van der Waals surface area contributed by atoms with Gasteiger partial charge in [0.1, 0.15) is 13.2 Å². The highest BCUT2D eigenvalue weighted by Gasteiger charge is 2.20. The minimum absolute atomic E-state index is 0.651. The molecule has 0 unspecified atom stereocenters. The Hall–Kier alpha value is -1.83. The number of hydrogen-bond donors (Lipinski definition) is 0. The summed E-state index contributed by atoms with van der Waals surface area (Å²) in [5.74, 6) is 1.04. The molecule has 0 N–H and O–H groups in total. The number of hydrogen-bond acceptors (Lipinski definition) is 1. The molecule has 1 aliphatic heterocycles. The van der Waals surface area contributed by atoms with Crippen LogP contribution in [0.1, 0.15) is 24.1 Å². The average molecular weight is 240 g/mol. The zero-order valence-electron chi connectivity index (χ0n) is 10.5. The first-order valence-electron chi connectivity index (χ1n) is 6.61. The maximum Gasteiger partial charge on any atom is 0.223 e. The molecule has 2 nitrogen and oxygen atoms in total. The van der Waals surface area contributed by atoms with Crippen molar-refractivity contribution in [1.82, 2.24) is 0 Å². The van der Waals surface area contributed by atoms with Crippen LogP contribution in [0.5, 0.6) is 5.75 Å². The summed E-state index contributed by atoms with van der Waals surface area (Å²) in [6, 6.07) is 14.5. The fourth-order valence-electron chi connectivity index (χ4n) is 2.48. The minimum atomic E-state index is 0.651. The molecule has 0 radical (unpaired) electrons. The molecule has 92 valence electrons. The Kier molecular flexibility index (Phi) is 3.26. The molecular formula is C16H18NO+. The second-order valence-corrected chi connectivity index (χ2v) is 4.74. The van der Waals surface area contributed by atoms with Crippen molar-refractivity contribution in [3.05, 3.63) is 59.9 Å². The van der Waals surface area contributed by atoms with Crippen LogP contribution in [-0.2, 0) is 19.6 Å². The summed E-state index contributed by atoms with van der Waals surface area (Å²) in [7, 11) is 0. The Balaban J connectivity index is 1.77. The van der Waals surface area contributed by atoms with Crippen molar-refractivity contribution in [2.24, 2.45) is 0 Å². The van der Waals surface area contributed by atoms with Gasteiger partial charge in [0.25, 0.3) is 0 Å². The van der Waals surface area contributed by atoms with Crippen LogP contribution in [0.15, 0.2) is 48.7 Å². The first-order valence-corrected chi connectivity index (χ1v) is 6.61. The number of aromatic nitrogens is 1. The minimum Gasteiger partial charge on any atom is -0.482 e. The Morgan fingerprint density at radius 1 is 1.00 bits per heavy atom. The highest BCUT2D eigenvalue weighted by atomic mass is 16.5. The Bertz CT molecular complexity index is 522. The zero-order chi connectivity index (χ0) is 12.2. The van der Waals surface area contributed by atoms with E-state index in [1.54, 1.807) is 0 Å². The van der Waals surface area contributed by atoms with Gasteiger partial charge in [-0.2, -0.15) is 4.57 Å². The Morgan fingerprint density at radius 2 is 1.89 bits per heavy atom. The molecule has 1 aliphatic rings. The Morgan fingerprint density at radius 3 is 2.78 bits per heavy atom. The standard InChI is InChI=1S/C16H18NO/c1-2-7-14(8-3-1)13-18-16-10-6-12-17-11-5-4-9-15(16)17/h1-3,6-8,10,12H,4-5,9,11,13H2/q+1. The van der Waals surface area contributed by atoms with E-state index < -0.39 is 0 Å². The van der Waals surface area contributed by atoms with Crippen LogP contribution < -0.4 is 9.30 Å². The van der Waals surface area contributed by atoms with Crippen LogP contribution in [0.4, 0.5) is 0 Å². The van der Waals surface area contributed by atoms with Crippen LogP contribution in [0.3, 0.4) is 0 Å². The summed E-state index contributed by atoms with van der Waals surface area (Å²) in [6.45, 7) is 1.77. The normalized spacial score (nSPS) is 14.0. The fourth-order valence-corrected chi connectivity index (χ4v) is 2.48. The van der Waals surface area contributed by atoms with Gasteiger partial charge in [-0.1, -0.05) is 30.3 Å². The maximum atomic E-state index is 5.97. The van der Waals surface area contributed by atoms with Gasteiger partial charge in [-0.15, -0.1) is 0 Å². The van der Waals surface area contributed by atoms with Gasteiger partial charge in [-0.05, 0) is 18.1 Å². The molecule has 2 heteroatoms. The molecule has 0 spiro atoms. The third kappa shape index (κ3) is 2.37. The molecule has 0 fully saturated rings. The van der Waals surface area contributed by atoms with Gasteiger partial charge in [0, 0.05) is 18.9 Å². The molecule has 0 aliphatic carbocycles. The average Bonchev–Trinajstić information content (AvgIpc) is 2.46. The predicted molar refractivity (Wildman–Crippen MR) is 70.3 cm³/mol. The van der Waals surface area contributed by atoms with E-state index in [9.17, 15) is 0 Å². The lowest BCUT2D eigenvalue weighted by Gasteiger charge is -2.14. The van der Waals surface area contributed by atoms with Crippen molar-refractivity contribution in [2.75, 3.05) is 0 Å². The van der Waals surface area contributed by atoms with Crippen molar-refractivity contribution in [2.45, 2.75) is 32.4 Å². The molecule has 0 saturated carbocycles. The van der Waals surface area contributed by atoms with Gasteiger partial charge in [-0.3, -0.25) is 0 Å². The highest BCUT2D eigenvalue weighted by molar-refractivity contribution is 5.24. The number of fused-ring (bicyclic) bond motifs is 1. The summed E-state index contributed by atoms with van der Waals surface area (Å²) in [5.41, 5.74) is 2.57. The molecular weight excluding hydrogens is 222 g/mol. The molecule has 0 amide bonds. The highest BCUT2D eigenvalue weighted by Crippen LogP contribution is 2.20. The molecule has 18 heavy (non-hydrogen) atoms. The second kappa shape index (κ2) is 5.21. The second-order valence-electron chi connectivity index (χ2n) is 4.74. The molecule has 0 atom stereocenters. The van der Waals surface area contributed by atoms with Crippen molar-refractivity contribution < 1.29 is 9.30 Å². The lowest BCUT2D eigenvalue weighted by Crippen LogP contribution is -2.41. The molecule has 1 aromatic carbocycles. The van der Waals surface area contributed by atoms with Crippen LogP contribution in [0.2, 0.25) is 0 Å². The van der Waals surface area contributed by atoms with Crippen molar-refractivity contribution in [3.63, 3.8) is 0 Å². The first-order chi connectivity index (χ1) is 8.93. The summed E-state index contributed by atoms with van der Waals surface area (Å²) in [6.07, 6.45) is 5.83. The van der Waals surface area contributed by atoms with E-state index >= 15 is 0 Å². The quantitative estimate of drug-likeness (QED) is 0.752. The third-order valence-electron chi connectivity index (χ3n) is 3.44. The van der Waals surface area contributed by atoms with Gasteiger partial charge in [0.2, 0.25) is 5.69 Å². The predicted octanol–water partition coefficient (Wildman–Crippen LogP) is 2.89. The van der Waals surface area contributed by atoms with Gasteiger partial charge >= 0.3 is 0 Å². The van der Waals surface area contributed by atoms with Gasteiger partial charge in [-0.25, -0.2) is 0 Å². The van der Waals surface area contributed by atoms with Crippen LogP contribution in [0.25, 0.3) is 0 Å². The van der Waals surface area contributed by atoms with Crippen molar-refractivity contribution in [3.8, 4) is 5.75 Å². The van der Waals surface area contributed by atoms with E-state index in [1.165, 1.54) is 24.1 Å². The molecule has 0 bridgehead atoms. The summed E-state index contributed by atoms with van der Waals surface area (Å²) < 4.78 is 8.29. The van der Waals surface area contributed by atoms with Crippen LogP contribution >= 0.6 is 0 Å². The van der Waals surface area contributed by atoms with E-state index in [2.05, 4.69) is 35.0 Å².